The van der Waals surface area contributed by atoms with Crippen molar-refractivity contribution in [3.05, 3.63) is 80.1 Å². The molecule has 3 heterocycles. The van der Waals surface area contributed by atoms with E-state index in [1.165, 1.54) is 16.2 Å². The Hall–Kier alpha value is -3.52. The molecule has 34 heavy (non-hydrogen) atoms. The highest BCUT2D eigenvalue weighted by Crippen LogP contribution is 2.42. The lowest BCUT2D eigenvalue weighted by atomic mass is 9.98. The molecule has 0 bridgehead atoms. The van der Waals surface area contributed by atoms with Crippen molar-refractivity contribution in [2.45, 2.75) is 46.1 Å². The molecule has 0 spiro atoms. The van der Waals surface area contributed by atoms with Gasteiger partial charge >= 0.3 is 0 Å². The fourth-order valence-electron chi connectivity index (χ4n) is 4.17. The van der Waals surface area contributed by atoms with Crippen LogP contribution in [-0.2, 0) is 6.42 Å². The molecule has 174 valence electrons. The Bertz CT molecular complexity index is 1420. The van der Waals surface area contributed by atoms with Crippen LogP contribution in [0.15, 0.2) is 51.7 Å². The third-order valence-electron chi connectivity index (χ3n) is 5.95. The average Bonchev–Trinajstić information content (AvgIpc) is 3.43. The molecule has 1 unspecified atom stereocenters. The molecule has 2 aromatic heterocycles. The van der Waals surface area contributed by atoms with Gasteiger partial charge in [0.2, 0.25) is 10.9 Å². The van der Waals surface area contributed by atoms with E-state index in [2.05, 4.69) is 17.1 Å². The summed E-state index contributed by atoms with van der Waals surface area (Å²) in [6.45, 7) is 6.67. The maximum Gasteiger partial charge on any atom is 0.297 e. The number of unbranched alkanes of at least 4 members (excludes halogenated alkanes) is 1. The predicted octanol–water partition coefficient (Wildman–Crippen LogP) is 5.44. The van der Waals surface area contributed by atoms with Crippen molar-refractivity contribution in [3.8, 4) is 5.75 Å². The highest BCUT2D eigenvalue weighted by Gasteiger charge is 2.45. The molecule has 0 N–H and O–H groups in total. The monoisotopic (exact) mass is 475 g/mol. The minimum atomic E-state index is -0.661. The van der Waals surface area contributed by atoms with Crippen LogP contribution in [0.2, 0.25) is 0 Å². The number of anilines is 1. The van der Waals surface area contributed by atoms with Crippen LogP contribution in [0, 0.1) is 6.92 Å². The SMILES string of the molecule is CCCCOc1ccc(C2c3c(oc4ccc(C)cc4c3=O)C(=O)N2c2nnc(CC)s2)cc1. The Labute approximate surface area is 201 Å². The summed E-state index contributed by atoms with van der Waals surface area (Å²) in [5.74, 6) is 0.420. The number of amides is 1. The van der Waals surface area contributed by atoms with Crippen molar-refractivity contribution in [2.75, 3.05) is 11.5 Å². The predicted molar refractivity (Wildman–Crippen MR) is 132 cm³/mol. The summed E-state index contributed by atoms with van der Waals surface area (Å²) in [6, 6.07) is 12.3. The van der Waals surface area contributed by atoms with Gasteiger partial charge in [-0.1, -0.05) is 55.4 Å². The van der Waals surface area contributed by atoms with Crippen LogP contribution in [0.1, 0.15) is 65.0 Å². The van der Waals surface area contributed by atoms with Gasteiger partial charge in [-0.15, -0.1) is 10.2 Å². The fraction of sp³-hybridized carbons (Fsp3) is 0.308. The number of ether oxygens (including phenoxy) is 1. The normalized spacial score (nSPS) is 15.2. The molecule has 1 atom stereocenters. The van der Waals surface area contributed by atoms with Crippen molar-refractivity contribution in [1.29, 1.82) is 0 Å². The van der Waals surface area contributed by atoms with E-state index in [1.54, 1.807) is 12.1 Å². The number of benzene rings is 2. The molecule has 0 saturated heterocycles. The van der Waals surface area contributed by atoms with Gasteiger partial charge in [0.1, 0.15) is 16.3 Å². The standard InChI is InChI=1S/C26H25N3O4S/c1-4-6-13-32-17-10-8-16(9-11-17)22-21-23(30)18-14-15(3)7-12-19(18)33-24(21)25(31)29(22)26-28-27-20(5-2)34-26/h7-12,14,22H,4-6,13H2,1-3H3. The van der Waals surface area contributed by atoms with Crippen LogP contribution in [0.25, 0.3) is 11.0 Å². The third kappa shape index (κ3) is 3.77. The van der Waals surface area contributed by atoms with Crippen LogP contribution >= 0.6 is 11.3 Å². The Morgan fingerprint density at radius 3 is 2.59 bits per heavy atom. The first-order chi connectivity index (χ1) is 16.5. The van der Waals surface area contributed by atoms with Gasteiger partial charge in [-0.2, -0.15) is 0 Å². The zero-order valence-corrected chi connectivity index (χ0v) is 20.1. The largest absolute Gasteiger partial charge is 0.494 e. The minimum absolute atomic E-state index is 0.0582. The van der Waals surface area contributed by atoms with Gasteiger partial charge in [0.25, 0.3) is 5.91 Å². The van der Waals surface area contributed by atoms with Crippen molar-refractivity contribution in [1.82, 2.24) is 10.2 Å². The lowest BCUT2D eigenvalue weighted by Crippen LogP contribution is -2.29. The van der Waals surface area contributed by atoms with E-state index in [9.17, 15) is 9.59 Å². The van der Waals surface area contributed by atoms with Crippen LogP contribution in [-0.4, -0.2) is 22.7 Å². The summed E-state index contributed by atoms with van der Waals surface area (Å²) in [6.07, 6.45) is 2.74. The highest BCUT2D eigenvalue weighted by atomic mass is 32.1. The lowest BCUT2D eigenvalue weighted by Gasteiger charge is -2.22. The quantitative estimate of drug-likeness (QED) is 0.331. The maximum absolute atomic E-state index is 13.7. The second-order valence-corrected chi connectivity index (χ2v) is 9.39. The smallest absolute Gasteiger partial charge is 0.297 e. The average molecular weight is 476 g/mol. The molecule has 5 rings (SSSR count). The van der Waals surface area contributed by atoms with E-state index in [0.29, 0.717) is 34.7 Å². The summed E-state index contributed by atoms with van der Waals surface area (Å²) in [5, 5.41) is 10.2. The first kappa shape index (κ1) is 22.3. The first-order valence-electron chi connectivity index (χ1n) is 11.5. The van der Waals surface area contributed by atoms with E-state index in [4.69, 9.17) is 9.15 Å². The number of aromatic nitrogens is 2. The molecule has 4 aromatic rings. The molecule has 1 aliphatic rings. The Morgan fingerprint density at radius 1 is 1.09 bits per heavy atom. The van der Waals surface area contributed by atoms with Crippen molar-refractivity contribution < 1.29 is 13.9 Å². The topological polar surface area (TPSA) is 85.5 Å². The Balaban J connectivity index is 1.66. The van der Waals surface area contributed by atoms with E-state index < -0.39 is 6.04 Å². The molecule has 2 aromatic carbocycles. The second-order valence-electron chi connectivity index (χ2n) is 8.35. The van der Waals surface area contributed by atoms with E-state index >= 15 is 0 Å². The molecule has 1 aliphatic heterocycles. The Kier molecular flexibility index (Phi) is 5.91. The number of nitrogens with zero attached hydrogens (tertiary/aromatic N) is 3. The van der Waals surface area contributed by atoms with Crippen LogP contribution in [0.3, 0.4) is 0 Å². The molecular formula is C26H25N3O4S. The molecule has 0 radical (unpaired) electrons. The zero-order chi connectivity index (χ0) is 23.8. The number of hydrogen-bond donors (Lipinski definition) is 0. The fourth-order valence-corrected chi connectivity index (χ4v) is 4.97. The van der Waals surface area contributed by atoms with Crippen molar-refractivity contribution >= 4 is 33.3 Å². The second kappa shape index (κ2) is 9.02. The summed E-state index contributed by atoms with van der Waals surface area (Å²) in [4.78, 5) is 28.8. The van der Waals surface area contributed by atoms with Crippen molar-refractivity contribution in [3.63, 3.8) is 0 Å². The number of carbonyl (C=O) groups excluding carboxylic acids is 1. The number of hydrogen-bond acceptors (Lipinski definition) is 7. The third-order valence-corrected chi connectivity index (χ3v) is 7.02. The minimum Gasteiger partial charge on any atom is -0.494 e. The van der Waals surface area contributed by atoms with Crippen molar-refractivity contribution in [2.24, 2.45) is 0 Å². The number of aryl methyl sites for hydroxylation is 2. The molecule has 0 aliphatic carbocycles. The van der Waals surface area contributed by atoms with Gasteiger partial charge in [0.05, 0.1) is 23.6 Å². The molecule has 7 nitrogen and oxygen atoms in total. The number of fused-ring (bicyclic) bond motifs is 2. The molecular weight excluding hydrogens is 450 g/mol. The summed E-state index contributed by atoms with van der Waals surface area (Å²) in [5.41, 5.74) is 2.25. The highest BCUT2D eigenvalue weighted by molar-refractivity contribution is 7.15. The number of carbonyl (C=O) groups is 1. The van der Waals surface area contributed by atoms with Crippen LogP contribution in [0.4, 0.5) is 5.13 Å². The Morgan fingerprint density at radius 2 is 1.88 bits per heavy atom. The van der Waals surface area contributed by atoms with Gasteiger partial charge in [0, 0.05) is 0 Å². The van der Waals surface area contributed by atoms with Gasteiger partial charge in [-0.05, 0) is 49.6 Å². The summed E-state index contributed by atoms with van der Waals surface area (Å²) < 4.78 is 11.8. The van der Waals surface area contributed by atoms with Crippen LogP contribution < -0.4 is 15.1 Å². The molecule has 8 heteroatoms. The van der Waals surface area contributed by atoms with Gasteiger partial charge in [-0.3, -0.25) is 14.5 Å². The molecule has 0 fully saturated rings. The zero-order valence-electron chi connectivity index (χ0n) is 19.3. The van der Waals surface area contributed by atoms with Gasteiger partial charge in [-0.25, -0.2) is 0 Å². The maximum atomic E-state index is 13.7. The molecule has 1 amide bonds. The molecule has 0 saturated carbocycles. The lowest BCUT2D eigenvalue weighted by molar-refractivity contribution is 0.0970. The van der Waals surface area contributed by atoms with E-state index in [0.717, 1.165) is 34.7 Å². The summed E-state index contributed by atoms with van der Waals surface area (Å²) >= 11 is 1.35. The first-order valence-corrected chi connectivity index (χ1v) is 12.3. The van der Waals surface area contributed by atoms with E-state index in [-0.39, 0.29) is 17.1 Å². The van der Waals surface area contributed by atoms with Gasteiger partial charge < -0.3 is 9.15 Å². The van der Waals surface area contributed by atoms with E-state index in [1.807, 2.05) is 44.2 Å². The summed E-state index contributed by atoms with van der Waals surface area (Å²) in [7, 11) is 0. The van der Waals surface area contributed by atoms with Gasteiger partial charge in [0.15, 0.2) is 5.43 Å². The van der Waals surface area contributed by atoms with Crippen LogP contribution in [0.5, 0.6) is 5.75 Å². The number of rotatable bonds is 7.